The largest absolute Gasteiger partial charge is 0.490 e. The third kappa shape index (κ3) is 6.27. The highest BCUT2D eigenvalue weighted by atomic mass is 16.5. The normalized spacial score (nSPS) is 11.2. The molecule has 0 radical (unpaired) electrons. The van der Waals surface area contributed by atoms with Crippen molar-refractivity contribution in [2.24, 2.45) is 4.99 Å². The maximum atomic E-state index is 5.85. The number of hydrogen-bond donors (Lipinski definition) is 2. The second-order valence-corrected chi connectivity index (χ2v) is 6.17. The minimum absolute atomic E-state index is 0.516. The summed E-state index contributed by atoms with van der Waals surface area (Å²) in [6.07, 6.45) is 4.25. The minimum Gasteiger partial charge on any atom is -0.490 e. The first-order valence-electron chi connectivity index (χ1n) is 9.60. The summed E-state index contributed by atoms with van der Waals surface area (Å²) in [5.41, 5.74) is 1.02. The standard InChI is InChI=1S/C22H26N4O3/c1-3-27-19-8-4-5-9-20(19)29-21-11-10-17(15-25-21)16-26-22(23-2)24-13-12-18-7-6-14-28-18/h4-11,14-15H,3,12-13,16H2,1-2H3,(H2,23,24,26). The molecule has 3 rings (SSSR count). The van der Waals surface area contributed by atoms with Crippen LogP contribution in [0.4, 0.5) is 0 Å². The number of hydrogen-bond acceptors (Lipinski definition) is 5. The lowest BCUT2D eigenvalue weighted by atomic mass is 10.3. The molecule has 29 heavy (non-hydrogen) atoms. The molecule has 1 aromatic carbocycles. The Labute approximate surface area is 170 Å². The van der Waals surface area contributed by atoms with Crippen LogP contribution in [0.2, 0.25) is 0 Å². The Balaban J connectivity index is 1.48. The molecule has 0 aliphatic carbocycles. The van der Waals surface area contributed by atoms with E-state index in [0.717, 1.165) is 30.2 Å². The van der Waals surface area contributed by atoms with Gasteiger partial charge >= 0.3 is 0 Å². The van der Waals surface area contributed by atoms with Crippen molar-refractivity contribution in [2.75, 3.05) is 20.2 Å². The van der Waals surface area contributed by atoms with Crippen molar-refractivity contribution in [2.45, 2.75) is 19.9 Å². The maximum absolute atomic E-state index is 5.85. The Morgan fingerprint density at radius 2 is 1.93 bits per heavy atom. The Morgan fingerprint density at radius 1 is 1.07 bits per heavy atom. The number of guanidine groups is 1. The summed E-state index contributed by atoms with van der Waals surface area (Å²) in [5, 5.41) is 6.53. The van der Waals surface area contributed by atoms with E-state index in [1.165, 1.54) is 0 Å². The SMILES string of the molecule is CCOc1ccccc1Oc1ccc(CNC(=NC)NCCc2ccco2)cn1. The minimum atomic E-state index is 0.516. The molecule has 0 unspecified atom stereocenters. The number of nitrogens with one attached hydrogen (secondary N) is 2. The fraction of sp³-hybridized carbons (Fsp3) is 0.273. The monoisotopic (exact) mass is 394 g/mol. The Hall–Kier alpha value is -3.48. The highest BCUT2D eigenvalue weighted by molar-refractivity contribution is 5.79. The third-order valence-corrected chi connectivity index (χ3v) is 4.09. The third-order valence-electron chi connectivity index (χ3n) is 4.09. The number of aromatic nitrogens is 1. The van der Waals surface area contributed by atoms with Crippen LogP contribution >= 0.6 is 0 Å². The average Bonchev–Trinajstić information content (AvgIpc) is 3.27. The van der Waals surface area contributed by atoms with E-state index in [1.54, 1.807) is 19.5 Å². The van der Waals surface area contributed by atoms with Crippen LogP contribution in [0.1, 0.15) is 18.2 Å². The van der Waals surface area contributed by atoms with Crippen LogP contribution in [0.15, 0.2) is 70.4 Å². The molecule has 2 aromatic heterocycles. The Morgan fingerprint density at radius 3 is 2.62 bits per heavy atom. The molecule has 0 atom stereocenters. The zero-order valence-corrected chi connectivity index (χ0v) is 16.7. The zero-order valence-electron chi connectivity index (χ0n) is 16.7. The van der Waals surface area contributed by atoms with Gasteiger partial charge in [-0.05, 0) is 36.8 Å². The molecule has 0 aliphatic rings. The van der Waals surface area contributed by atoms with Crippen LogP contribution < -0.4 is 20.1 Å². The molecule has 2 N–H and O–H groups in total. The van der Waals surface area contributed by atoms with Gasteiger partial charge in [0.15, 0.2) is 17.5 Å². The summed E-state index contributed by atoms with van der Waals surface area (Å²) in [6, 6.07) is 15.2. The van der Waals surface area contributed by atoms with Crippen LogP contribution in [0.5, 0.6) is 17.4 Å². The molecule has 7 heteroatoms. The maximum Gasteiger partial charge on any atom is 0.219 e. The fourth-order valence-electron chi connectivity index (χ4n) is 2.66. The van der Waals surface area contributed by atoms with Gasteiger partial charge in [-0.25, -0.2) is 4.98 Å². The van der Waals surface area contributed by atoms with Crippen molar-refractivity contribution in [3.05, 3.63) is 72.3 Å². The summed E-state index contributed by atoms with van der Waals surface area (Å²) in [7, 11) is 1.74. The molecule has 0 amide bonds. The van der Waals surface area contributed by atoms with Crippen LogP contribution in [0, 0.1) is 0 Å². The molecule has 0 aliphatic heterocycles. The fourth-order valence-corrected chi connectivity index (χ4v) is 2.66. The average molecular weight is 394 g/mol. The molecule has 0 spiro atoms. The molecular formula is C22H26N4O3. The zero-order chi connectivity index (χ0) is 20.3. The van der Waals surface area contributed by atoms with Crippen molar-refractivity contribution in [1.29, 1.82) is 0 Å². The van der Waals surface area contributed by atoms with Crippen LogP contribution in [0.3, 0.4) is 0 Å². The van der Waals surface area contributed by atoms with E-state index in [4.69, 9.17) is 13.9 Å². The second kappa shape index (κ2) is 10.8. The van der Waals surface area contributed by atoms with E-state index in [0.29, 0.717) is 30.5 Å². The molecule has 7 nitrogen and oxygen atoms in total. The molecule has 0 saturated carbocycles. The van der Waals surface area contributed by atoms with Crippen molar-refractivity contribution in [1.82, 2.24) is 15.6 Å². The number of nitrogens with zero attached hydrogens (tertiary/aromatic N) is 2. The first kappa shape index (κ1) is 20.3. The molecule has 0 saturated heterocycles. The number of pyridine rings is 1. The van der Waals surface area contributed by atoms with Crippen LogP contribution in [-0.2, 0) is 13.0 Å². The lowest BCUT2D eigenvalue weighted by Crippen LogP contribution is -2.37. The number of para-hydroxylation sites is 2. The van der Waals surface area contributed by atoms with Gasteiger partial charge in [-0.2, -0.15) is 0 Å². The van der Waals surface area contributed by atoms with Crippen molar-refractivity contribution in [3.8, 4) is 17.4 Å². The Kier molecular flexibility index (Phi) is 7.51. The quantitative estimate of drug-likeness (QED) is 0.425. The second-order valence-electron chi connectivity index (χ2n) is 6.17. The van der Waals surface area contributed by atoms with Gasteiger partial charge in [-0.15, -0.1) is 0 Å². The number of aliphatic imine (C=N–C) groups is 1. The van der Waals surface area contributed by atoms with Crippen LogP contribution in [0.25, 0.3) is 0 Å². The summed E-state index contributed by atoms with van der Waals surface area (Å²) >= 11 is 0. The van der Waals surface area contributed by atoms with E-state index >= 15 is 0 Å². The lowest BCUT2D eigenvalue weighted by Gasteiger charge is -2.12. The summed E-state index contributed by atoms with van der Waals surface area (Å²) < 4.78 is 16.8. The van der Waals surface area contributed by atoms with Gasteiger partial charge < -0.3 is 24.5 Å². The van der Waals surface area contributed by atoms with E-state index in [-0.39, 0.29) is 0 Å². The topological polar surface area (TPSA) is 80.9 Å². The van der Waals surface area contributed by atoms with Crippen molar-refractivity contribution < 1.29 is 13.9 Å². The first-order chi connectivity index (χ1) is 14.3. The van der Waals surface area contributed by atoms with Gasteiger partial charge in [-0.3, -0.25) is 4.99 Å². The molecule has 152 valence electrons. The summed E-state index contributed by atoms with van der Waals surface area (Å²) in [6.45, 7) is 3.85. The molecule has 2 heterocycles. The number of rotatable bonds is 9. The molecule has 0 bridgehead atoms. The first-order valence-corrected chi connectivity index (χ1v) is 9.60. The van der Waals surface area contributed by atoms with Gasteiger partial charge in [0, 0.05) is 38.8 Å². The molecule has 3 aromatic rings. The molecular weight excluding hydrogens is 368 g/mol. The number of ether oxygens (including phenoxy) is 2. The predicted octanol–water partition coefficient (Wildman–Crippen LogP) is 3.77. The van der Waals surface area contributed by atoms with Gasteiger partial charge in [0.1, 0.15) is 5.76 Å². The van der Waals surface area contributed by atoms with E-state index in [2.05, 4.69) is 20.6 Å². The van der Waals surface area contributed by atoms with Gasteiger partial charge in [0.2, 0.25) is 5.88 Å². The molecule has 0 fully saturated rings. The highest BCUT2D eigenvalue weighted by Gasteiger charge is 2.06. The van der Waals surface area contributed by atoms with Gasteiger partial charge in [0.05, 0.1) is 12.9 Å². The van der Waals surface area contributed by atoms with Crippen LogP contribution in [-0.4, -0.2) is 31.1 Å². The summed E-state index contributed by atoms with van der Waals surface area (Å²) in [5.74, 6) is 3.53. The van der Waals surface area contributed by atoms with Crippen molar-refractivity contribution in [3.63, 3.8) is 0 Å². The smallest absolute Gasteiger partial charge is 0.219 e. The summed E-state index contributed by atoms with van der Waals surface area (Å²) in [4.78, 5) is 8.61. The number of furan rings is 1. The number of benzene rings is 1. The Bertz CT molecular complexity index is 893. The van der Waals surface area contributed by atoms with E-state index in [1.807, 2.05) is 55.5 Å². The van der Waals surface area contributed by atoms with E-state index < -0.39 is 0 Å². The highest BCUT2D eigenvalue weighted by Crippen LogP contribution is 2.30. The lowest BCUT2D eigenvalue weighted by molar-refractivity contribution is 0.319. The van der Waals surface area contributed by atoms with E-state index in [9.17, 15) is 0 Å². The predicted molar refractivity (Wildman–Crippen MR) is 113 cm³/mol. The van der Waals surface area contributed by atoms with Crippen molar-refractivity contribution >= 4 is 5.96 Å². The van der Waals surface area contributed by atoms with Gasteiger partial charge in [-0.1, -0.05) is 18.2 Å². The van der Waals surface area contributed by atoms with Gasteiger partial charge in [0.25, 0.3) is 0 Å².